The van der Waals surface area contributed by atoms with E-state index in [0.29, 0.717) is 12.1 Å². The Labute approximate surface area is 128 Å². The Morgan fingerprint density at radius 3 is 2.41 bits per heavy atom. The van der Waals surface area contributed by atoms with Crippen LogP contribution < -0.4 is 10.0 Å². The SMILES string of the molecule is CS(=O)(=O)NCCNC1(c2cccc(C(F)(F)F)c2)CCC1. The Kier molecular flexibility index (Phi) is 4.84. The standard InChI is InChI=1S/C14H19F3N2O2S/c1-22(20,21)19-9-8-18-13(6-3-7-13)11-4-2-5-12(10-11)14(15,16)17/h2,4-5,10,18-19H,3,6-9H2,1H3. The second kappa shape index (κ2) is 6.17. The number of hydrogen-bond acceptors (Lipinski definition) is 3. The molecular weight excluding hydrogens is 317 g/mol. The second-order valence-electron chi connectivity index (χ2n) is 5.61. The minimum absolute atomic E-state index is 0.208. The summed E-state index contributed by atoms with van der Waals surface area (Å²) in [4.78, 5) is 0. The van der Waals surface area contributed by atoms with E-state index in [4.69, 9.17) is 0 Å². The molecule has 0 saturated heterocycles. The first kappa shape index (κ1) is 17.2. The van der Waals surface area contributed by atoms with Crippen LogP contribution in [0.2, 0.25) is 0 Å². The molecule has 124 valence electrons. The third kappa shape index (κ3) is 4.21. The van der Waals surface area contributed by atoms with E-state index in [-0.39, 0.29) is 6.54 Å². The summed E-state index contributed by atoms with van der Waals surface area (Å²) >= 11 is 0. The van der Waals surface area contributed by atoms with Gasteiger partial charge in [0.05, 0.1) is 11.8 Å². The monoisotopic (exact) mass is 336 g/mol. The van der Waals surface area contributed by atoms with Gasteiger partial charge in [-0.2, -0.15) is 13.2 Å². The molecule has 1 aromatic carbocycles. The maximum absolute atomic E-state index is 12.8. The molecule has 0 atom stereocenters. The molecule has 1 aliphatic carbocycles. The van der Waals surface area contributed by atoms with Gasteiger partial charge in [0, 0.05) is 18.6 Å². The van der Waals surface area contributed by atoms with E-state index in [9.17, 15) is 21.6 Å². The highest BCUT2D eigenvalue weighted by Crippen LogP contribution is 2.42. The lowest BCUT2D eigenvalue weighted by Gasteiger charge is -2.43. The molecule has 0 radical (unpaired) electrons. The number of halogens is 3. The van der Waals surface area contributed by atoms with Gasteiger partial charge in [0.2, 0.25) is 10.0 Å². The van der Waals surface area contributed by atoms with Crippen LogP contribution >= 0.6 is 0 Å². The molecule has 0 aliphatic heterocycles. The lowest BCUT2D eigenvalue weighted by atomic mass is 9.71. The molecule has 8 heteroatoms. The molecule has 0 aromatic heterocycles. The van der Waals surface area contributed by atoms with Crippen LogP contribution in [-0.2, 0) is 21.7 Å². The van der Waals surface area contributed by atoms with Crippen LogP contribution in [0.15, 0.2) is 24.3 Å². The van der Waals surface area contributed by atoms with Gasteiger partial charge in [0.15, 0.2) is 0 Å². The third-order valence-corrected chi connectivity index (χ3v) is 4.63. The molecule has 0 unspecified atom stereocenters. The summed E-state index contributed by atoms with van der Waals surface area (Å²) in [6.45, 7) is 0.572. The van der Waals surface area contributed by atoms with Crippen molar-refractivity contribution < 1.29 is 21.6 Å². The minimum atomic E-state index is -4.36. The van der Waals surface area contributed by atoms with E-state index in [1.54, 1.807) is 6.07 Å². The molecular formula is C14H19F3N2O2S. The van der Waals surface area contributed by atoms with Gasteiger partial charge in [-0.15, -0.1) is 0 Å². The van der Waals surface area contributed by atoms with E-state index in [1.807, 2.05) is 0 Å². The van der Waals surface area contributed by atoms with Gasteiger partial charge in [-0.3, -0.25) is 0 Å². The predicted molar refractivity (Wildman–Crippen MR) is 77.8 cm³/mol. The Morgan fingerprint density at radius 2 is 1.91 bits per heavy atom. The lowest BCUT2D eigenvalue weighted by Crippen LogP contribution is -2.50. The Balaban J connectivity index is 2.07. The van der Waals surface area contributed by atoms with E-state index in [2.05, 4.69) is 10.0 Å². The first-order valence-electron chi connectivity index (χ1n) is 7.00. The van der Waals surface area contributed by atoms with Crippen molar-refractivity contribution in [3.8, 4) is 0 Å². The maximum Gasteiger partial charge on any atom is 0.416 e. The number of benzene rings is 1. The van der Waals surface area contributed by atoms with Crippen LogP contribution in [0.1, 0.15) is 30.4 Å². The third-order valence-electron chi connectivity index (χ3n) is 3.90. The van der Waals surface area contributed by atoms with Gasteiger partial charge in [-0.1, -0.05) is 12.1 Å². The average Bonchev–Trinajstić information content (AvgIpc) is 2.35. The fourth-order valence-corrected chi connectivity index (χ4v) is 3.10. The van der Waals surface area contributed by atoms with Crippen molar-refractivity contribution in [3.63, 3.8) is 0 Å². The molecule has 1 saturated carbocycles. The van der Waals surface area contributed by atoms with Crippen LogP contribution in [-0.4, -0.2) is 27.8 Å². The molecule has 2 rings (SSSR count). The number of rotatable bonds is 6. The van der Waals surface area contributed by atoms with Crippen molar-refractivity contribution in [2.45, 2.75) is 31.0 Å². The highest BCUT2D eigenvalue weighted by Gasteiger charge is 2.39. The normalized spacial score (nSPS) is 18.0. The Bertz CT molecular complexity index is 625. The predicted octanol–water partition coefficient (Wildman–Crippen LogP) is 2.22. The quantitative estimate of drug-likeness (QED) is 0.783. The Hall–Kier alpha value is -1.12. The van der Waals surface area contributed by atoms with Gasteiger partial charge in [0.25, 0.3) is 0 Å². The smallest absolute Gasteiger partial charge is 0.306 e. The zero-order valence-corrected chi connectivity index (χ0v) is 13.0. The van der Waals surface area contributed by atoms with Crippen molar-refractivity contribution in [1.82, 2.24) is 10.0 Å². The van der Waals surface area contributed by atoms with Crippen molar-refractivity contribution in [1.29, 1.82) is 0 Å². The van der Waals surface area contributed by atoms with Crippen molar-refractivity contribution >= 4 is 10.0 Å². The van der Waals surface area contributed by atoms with Crippen LogP contribution in [0.4, 0.5) is 13.2 Å². The summed E-state index contributed by atoms with van der Waals surface area (Å²) in [5, 5.41) is 3.21. The fraction of sp³-hybridized carbons (Fsp3) is 0.571. The van der Waals surface area contributed by atoms with E-state index in [0.717, 1.165) is 31.6 Å². The van der Waals surface area contributed by atoms with E-state index < -0.39 is 27.3 Å². The second-order valence-corrected chi connectivity index (χ2v) is 7.44. The number of alkyl halides is 3. The van der Waals surface area contributed by atoms with Crippen LogP contribution in [0.5, 0.6) is 0 Å². The molecule has 22 heavy (non-hydrogen) atoms. The summed E-state index contributed by atoms with van der Waals surface area (Å²) in [6.07, 6.45) is -0.874. The zero-order chi connectivity index (χ0) is 16.4. The fourth-order valence-electron chi connectivity index (χ4n) is 2.63. The van der Waals surface area contributed by atoms with Crippen LogP contribution in [0.3, 0.4) is 0 Å². The van der Waals surface area contributed by atoms with Crippen molar-refractivity contribution in [2.75, 3.05) is 19.3 Å². The number of hydrogen-bond donors (Lipinski definition) is 2. The highest BCUT2D eigenvalue weighted by atomic mass is 32.2. The van der Waals surface area contributed by atoms with Gasteiger partial charge in [-0.25, -0.2) is 13.1 Å². The lowest BCUT2D eigenvalue weighted by molar-refractivity contribution is -0.137. The van der Waals surface area contributed by atoms with E-state index in [1.165, 1.54) is 12.1 Å². The number of nitrogens with one attached hydrogen (secondary N) is 2. The van der Waals surface area contributed by atoms with Crippen LogP contribution in [0.25, 0.3) is 0 Å². The maximum atomic E-state index is 12.8. The molecule has 1 aliphatic rings. The topological polar surface area (TPSA) is 58.2 Å². The molecule has 0 amide bonds. The molecule has 0 heterocycles. The summed E-state index contributed by atoms with van der Waals surface area (Å²) in [6, 6.07) is 5.33. The van der Waals surface area contributed by atoms with Crippen LogP contribution in [0, 0.1) is 0 Å². The Morgan fingerprint density at radius 1 is 1.23 bits per heavy atom. The summed E-state index contributed by atoms with van der Waals surface area (Å²) in [5.74, 6) is 0. The molecule has 0 spiro atoms. The molecule has 1 fully saturated rings. The highest BCUT2D eigenvalue weighted by molar-refractivity contribution is 7.88. The van der Waals surface area contributed by atoms with Gasteiger partial charge >= 0.3 is 6.18 Å². The molecule has 0 bridgehead atoms. The summed E-state index contributed by atoms with van der Waals surface area (Å²) in [7, 11) is -3.26. The largest absolute Gasteiger partial charge is 0.416 e. The molecule has 2 N–H and O–H groups in total. The minimum Gasteiger partial charge on any atom is -0.306 e. The first-order valence-corrected chi connectivity index (χ1v) is 8.89. The van der Waals surface area contributed by atoms with Crippen molar-refractivity contribution in [3.05, 3.63) is 35.4 Å². The van der Waals surface area contributed by atoms with Gasteiger partial charge < -0.3 is 5.32 Å². The zero-order valence-electron chi connectivity index (χ0n) is 12.2. The molecule has 4 nitrogen and oxygen atoms in total. The van der Waals surface area contributed by atoms with Gasteiger partial charge in [-0.05, 0) is 37.0 Å². The average molecular weight is 336 g/mol. The van der Waals surface area contributed by atoms with E-state index >= 15 is 0 Å². The summed E-state index contributed by atoms with van der Waals surface area (Å²) in [5.41, 5.74) is -0.541. The van der Waals surface area contributed by atoms with Crippen molar-refractivity contribution in [2.24, 2.45) is 0 Å². The summed E-state index contributed by atoms with van der Waals surface area (Å²) < 4.78 is 62.8. The first-order chi connectivity index (χ1) is 10.1. The van der Waals surface area contributed by atoms with Gasteiger partial charge in [0.1, 0.15) is 0 Å². The number of sulfonamides is 1. The molecule has 1 aromatic rings.